The summed E-state index contributed by atoms with van der Waals surface area (Å²) in [6, 6.07) is 6.04. The van der Waals surface area contributed by atoms with Crippen molar-refractivity contribution in [2.24, 2.45) is 5.92 Å². The Labute approximate surface area is 88.6 Å². The fourth-order valence-corrected chi connectivity index (χ4v) is 1.29. The van der Waals surface area contributed by atoms with E-state index in [0.29, 0.717) is 11.3 Å². The van der Waals surface area contributed by atoms with Crippen LogP contribution in [0.15, 0.2) is 24.3 Å². The van der Waals surface area contributed by atoms with Gasteiger partial charge >= 0.3 is 0 Å². The van der Waals surface area contributed by atoms with Gasteiger partial charge in [0.05, 0.1) is 0 Å². The average molecular weight is 211 g/mol. The van der Waals surface area contributed by atoms with Crippen molar-refractivity contribution in [2.75, 3.05) is 0 Å². The second-order valence-corrected chi connectivity index (χ2v) is 3.98. The molecule has 0 heterocycles. The van der Waals surface area contributed by atoms with E-state index in [0.717, 1.165) is 0 Å². The molecule has 82 valence electrons. The molecule has 0 unspecified atom stereocenters. The summed E-state index contributed by atoms with van der Waals surface area (Å²) in [5, 5.41) is 7.40. The van der Waals surface area contributed by atoms with Crippen LogP contribution in [0.1, 0.15) is 31.9 Å². The van der Waals surface area contributed by atoms with Crippen molar-refractivity contribution in [1.82, 2.24) is 0 Å². The molecule has 1 aromatic carbocycles. The molecule has 0 radical (unpaired) electrons. The van der Waals surface area contributed by atoms with Gasteiger partial charge in [0.1, 0.15) is 0 Å². The minimum Gasteiger partial charge on any atom is -0.305 e. The van der Waals surface area contributed by atoms with E-state index in [2.05, 4.69) is 0 Å². The van der Waals surface area contributed by atoms with Crippen LogP contribution in [-0.4, -0.2) is 5.71 Å². The smallest absolute Gasteiger partial charge is 0.275 e. The Morgan fingerprint density at radius 3 is 2.40 bits per heavy atom. The van der Waals surface area contributed by atoms with Crippen molar-refractivity contribution in [1.29, 1.82) is 5.41 Å². The van der Waals surface area contributed by atoms with Gasteiger partial charge in [-0.05, 0) is 18.6 Å². The number of rotatable bonds is 3. The summed E-state index contributed by atoms with van der Waals surface area (Å²) >= 11 is 0. The van der Waals surface area contributed by atoms with Crippen LogP contribution in [0.3, 0.4) is 0 Å². The van der Waals surface area contributed by atoms with Gasteiger partial charge in [-0.1, -0.05) is 32.0 Å². The van der Waals surface area contributed by atoms with Gasteiger partial charge in [0.15, 0.2) is 0 Å². The number of nitrogens with one attached hydrogen (secondary N) is 1. The van der Waals surface area contributed by atoms with Crippen LogP contribution in [0, 0.1) is 11.3 Å². The first kappa shape index (κ1) is 11.8. The van der Waals surface area contributed by atoms with E-state index in [1.54, 1.807) is 19.1 Å². The van der Waals surface area contributed by atoms with Crippen molar-refractivity contribution in [3.8, 4) is 0 Å². The second-order valence-electron chi connectivity index (χ2n) is 3.98. The molecule has 0 aliphatic heterocycles. The van der Waals surface area contributed by atoms with E-state index in [1.165, 1.54) is 26.0 Å². The van der Waals surface area contributed by atoms with Crippen LogP contribution in [0.5, 0.6) is 0 Å². The Balaban J connectivity index is 3.16. The zero-order valence-electron chi connectivity index (χ0n) is 9.14. The Hall–Kier alpha value is -1.25. The largest absolute Gasteiger partial charge is 0.305 e. The molecule has 0 bridgehead atoms. The van der Waals surface area contributed by atoms with Crippen molar-refractivity contribution < 1.29 is 8.78 Å². The third kappa shape index (κ3) is 2.41. The predicted octanol–water partition coefficient (Wildman–Crippen LogP) is 3.82. The molecule has 0 amide bonds. The Morgan fingerprint density at radius 1 is 1.33 bits per heavy atom. The molecule has 0 saturated carbocycles. The maximum atomic E-state index is 13.7. The van der Waals surface area contributed by atoms with Crippen LogP contribution >= 0.6 is 0 Å². The fourth-order valence-electron chi connectivity index (χ4n) is 1.29. The Morgan fingerprint density at radius 2 is 1.93 bits per heavy atom. The van der Waals surface area contributed by atoms with Gasteiger partial charge in [-0.2, -0.15) is 0 Å². The van der Waals surface area contributed by atoms with Gasteiger partial charge in [0, 0.05) is 17.2 Å². The molecular formula is C12H15F2N. The Bertz CT molecular complexity index is 370. The van der Waals surface area contributed by atoms with Gasteiger partial charge in [0.2, 0.25) is 0 Å². The van der Waals surface area contributed by atoms with Gasteiger partial charge in [-0.15, -0.1) is 0 Å². The molecule has 1 nitrogen and oxygen atoms in total. The lowest BCUT2D eigenvalue weighted by atomic mass is 9.95. The third-order valence-corrected chi connectivity index (χ3v) is 2.41. The average Bonchev–Trinajstić information content (AvgIpc) is 2.17. The molecule has 15 heavy (non-hydrogen) atoms. The molecule has 1 aromatic rings. The van der Waals surface area contributed by atoms with Crippen molar-refractivity contribution in [3.05, 3.63) is 35.4 Å². The lowest BCUT2D eigenvalue weighted by Gasteiger charge is -2.21. The van der Waals surface area contributed by atoms with E-state index >= 15 is 0 Å². The second kappa shape index (κ2) is 4.09. The van der Waals surface area contributed by atoms with Gasteiger partial charge in [0.25, 0.3) is 5.92 Å². The van der Waals surface area contributed by atoms with Gasteiger partial charge < -0.3 is 5.41 Å². The minimum atomic E-state index is -2.83. The number of halogens is 2. The first-order chi connectivity index (χ1) is 6.85. The molecule has 0 spiro atoms. The Kier molecular flexibility index (Phi) is 3.22. The first-order valence-electron chi connectivity index (χ1n) is 4.89. The van der Waals surface area contributed by atoms with Crippen LogP contribution in [0.4, 0.5) is 8.78 Å². The van der Waals surface area contributed by atoms with Crippen LogP contribution in [-0.2, 0) is 5.92 Å². The molecule has 0 aromatic heterocycles. The topological polar surface area (TPSA) is 23.9 Å². The van der Waals surface area contributed by atoms with Crippen molar-refractivity contribution >= 4 is 5.71 Å². The SMILES string of the molecule is CC(=N)c1cccc(C(F)(F)C(C)C)c1. The van der Waals surface area contributed by atoms with E-state index in [-0.39, 0.29) is 5.56 Å². The van der Waals surface area contributed by atoms with Crippen molar-refractivity contribution in [2.45, 2.75) is 26.7 Å². The zero-order valence-corrected chi connectivity index (χ0v) is 9.14. The number of alkyl halides is 2. The summed E-state index contributed by atoms with van der Waals surface area (Å²) in [6.45, 7) is 4.57. The first-order valence-corrected chi connectivity index (χ1v) is 4.89. The highest BCUT2D eigenvalue weighted by Crippen LogP contribution is 2.35. The zero-order chi connectivity index (χ0) is 11.6. The molecule has 3 heteroatoms. The van der Waals surface area contributed by atoms with E-state index in [1.807, 2.05) is 0 Å². The highest BCUT2D eigenvalue weighted by molar-refractivity contribution is 5.96. The molecule has 0 fully saturated rings. The highest BCUT2D eigenvalue weighted by Gasteiger charge is 2.35. The number of hydrogen-bond donors (Lipinski definition) is 1. The molecule has 1 N–H and O–H groups in total. The third-order valence-electron chi connectivity index (χ3n) is 2.41. The molecule has 0 saturated heterocycles. The summed E-state index contributed by atoms with van der Waals surface area (Å²) in [4.78, 5) is 0. The minimum absolute atomic E-state index is 0.0124. The van der Waals surface area contributed by atoms with E-state index in [4.69, 9.17) is 5.41 Å². The molecule has 0 aliphatic carbocycles. The van der Waals surface area contributed by atoms with E-state index < -0.39 is 11.8 Å². The maximum absolute atomic E-state index is 13.7. The maximum Gasteiger partial charge on any atom is 0.275 e. The summed E-state index contributed by atoms with van der Waals surface area (Å²) in [5.41, 5.74) is 0.839. The number of hydrogen-bond acceptors (Lipinski definition) is 1. The quantitative estimate of drug-likeness (QED) is 0.735. The van der Waals surface area contributed by atoms with Crippen LogP contribution < -0.4 is 0 Å². The molecule has 1 rings (SSSR count). The normalized spacial score (nSPS) is 11.9. The molecule has 0 aliphatic rings. The highest BCUT2D eigenvalue weighted by atomic mass is 19.3. The van der Waals surface area contributed by atoms with Crippen LogP contribution in [0.25, 0.3) is 0 Å². The van der Waals surface area contributed by atoms with E-state index in [9.17, 15) is 8.78 Å². The summed E-state index contributed by atoms with van der Waals surface area (Å²) in [5.74, 6) is -3.57. The van der Waals surface area contributed by atoms with Crippen LogP contribution in [0.2, 0.25) is 0 Å². The molecular weight excluding hydrogens is 196 g/mol. The molecule has 0 atom stereocenters. The lowest BCUT2D eigenvalue weighted by Crippen LogP contribution is -2.21. The van der Waals surface area contributed by atoms with Gasteiger partial charge in [-0.3, -0.25) is 0 Å². The lowest BCUT2D eigenvalue weighted by molar-refractivity contribution is -0.0513. The summed E-state index contributed by atoms with van der Waals surface area (Å²) in [7, 11) is 0. The number of benzene rings is 1. The monoisotopic (exact) mass is 211 g/mol. The summed E-state index contributed by atoms with van der Waals surface area (Å²) in [6.07, 6.45) is 0. The summed E-state index contributed by atoms with van der Waals surface area (Å²) < 4.78 is 27.3. The standard InChI is InChI=1S/C12H15F2N/c1-8(2)12(13,14)11-6-4-5-10(7-11)9(3)15/h4-8,15H,1-3H3. The van der Waals surface area contributed by atoms with Gasteiger partial charge in [-0.25, -0.2) is 8.78 Å². The fraction of sp³-hybridized carbons (Fsp3) is 0.417. The van der Waals surface area contributed by atoms with Crippen molar-refractivity contribution in [3.63, 3.8) is 0 Å². The predicted molar refractivity (Wildman–Crippen MR) is 57.7 cm³/mol.